The molecule has 0 saturated carbocycles. The van der Waals surface area contributed by atoms with E-state index in [1.165, 1.54) is 11.3 Å². The van der Waals surface area contributed by atoms with Crippen molar-refractivity contribution >= 4 is 56.5 Å². The van der Waals surface area contributed by atoms with E-state index in [0.29, 0.717) is 49.1 Å². The summed E-state index contributed by atoms with van der Waals surface area (Å²) in [4.78, 5) is 22.7. The van der Waals surface area contributed by atoms with Gasteiger partial charge in [0.2, 0.25) is 6.79 Å². The predicted octanol–water partition coefficient (Wildman–Crippen LogP) is 7.31. The normalized spacial score (nSPS) is 12.2. The van der Waals surface area contributed by atoms with E-state index in [1.807, 2.05) is 47.8 Å². The molecule has 0 bridgehead atoms. The van der Waals surface area contributed by atoms with Crippen molar-refractivity contribution in [1.82, 2.24) is 9.97 Å². The zero-order chi connectivity index (χ0) is 23.9. The van der Waals surface area contributed by atoms with Gasteiger partial charge in [0.1, 0.15) is 0 Å². The van der Waals surface area contributed by atoms with Crippen molar-refractivity contribution in [3.8, 4) is 34.0 Å². The van der Waals surface area contributed by atoms with E-state index < -0.39 is 0 Å². The molecule has 0 unspecified atom stereocenters. The maximum atomic E-state index is 13.4. The van der Waals surface area contributed by atoms with Crippen LogP contribution >= 0.6 is 34.5 Å². The Bertz CT molecular complexity index is 1620. The highest BCUT2D eigenvalue weighted by atomic mass is 35.5. The molecule has 1 N–H and O–H groups in total. The molecule has 0 saturated heterocycles. The molecule has 0 spiro atoms. The van der Waals surface area contributed by atoms with Crippen LogP contribution in [0.4, 0.5) is 5.13 Å². The SMILES string of the molecule is O=C(Nc1nc(-c2ccc(Cl)cc2Cl)cs1)c1cc(-c2ccc3c(c2)OCO3)nc2ccccc12. The predicted molar refractivity (Wildman–Crippen MR) is 139 cm³/mol. The van der Waals surface area contributed by atoms with Crippen molar-refractivity contribution in [2.45, 2.75) is 0 Å². The Balaban J connectivity index is 1.35. The van der Waals surface area contributed by atoms with Crippen LogP contribution in [0, 0.1) is 0 Å². The van der Waals surface area contributed by atoms with Crippen LogP contribution in [-0.2, 0) is 0 Å². The number of hydrogen-bond donors (Lipinski definition) is 1. The van der Waals surface area contributed by atoms with Gasteiger partial charge in [-0.15, -0.1) is 11.3 Å². The summed E-state index contributed by atoms with van der Waals surface area (Å²) in [6, 6.07) is 20.1. The number of ether oxygens (including phenoxy) is 2. The first kappa shape index (κ1) is 21.9. The van der Waals surface area contributed by atoms with E-state index in [4.69, 9.17) is 37.7 Å². The zero-order valence-corrected chi connectivity index (χ0v) is 20.2. The Morgan fingerprint density at radius 3 is 2.66 bits per heavy atom. The van der Waals surface area contributed by atoms with E-state index in [-0.39, 0.29) is 12.7 Å². The highest BCUT2D eigenvalue weighted by molar-refractivity contribution is 7.14. The summed E-state index contributed by atoms with van der Waals surface area (Å²) in [5.74, 6) is 1.06. The van der Waals surface area contributed by atoms with Crippen molar-refractivity contribution in [2.75, 3.05) is 12.1 Å². The maximum absolute atomic E-state index is 13.4. The number of halogens is 2. The lowest BCUT2D eigenvalue weighted by molar-refractivity contribution is 0.102. The van der Waals surface area contributed by atoms with E-state index in [1.54, 1.807) is 24.3 Å². The van der Waals surface area contributed by atoms with Gasteiger partial charge in [0.05, 0.1) is 27.5 Å². The topological polar surface area (TPSA) is 73.3 Å². The van der Waals surface area contributed by atoms with E-state index in [0.717, 1.165) is 16.5 Å². The van der Waals surface area contributed by atoms with Crippen LogP contribution in [0.2, 0.25) is 10.0 Å². The quantitative estimate of drug-likeness (QED) is 0.269. The molecule has 0 aliphatic carbocycles. The van der Waals surface area contributed by atoms with Gasteiger partial charge in [-0.1, -0.05) is 41.4 Å². The third-order valence-electron chi connectivity index (χ3n) is 5.56. The second kappa shape index (κ2) is 8.85. The fourth-order valence-electron chi connectivity index (χ4n) is 3.88. The van der Waals surface area contributed by atoms with Crippen LogP contribution in [-0.4, -0.2) is 22.7 Å². The molecule has 0 atom stereocenters. The minimum absolute atomic E-state index is 0.189. The number of thiazole rings is 1. The number of pyridine rings is 1. The monoisotopic (exact) mass is 519 g/mol. The molecule has 6 rings (SSSR count). The molecule has 1 amide bonds. The number of anilines is 1. The number of aromatic nitrogens is 2. The Morgan fingerprint density at radius 2 is 1.77 bits per heavy atom. The Kier molecular flexibility index (Phi) is 5.53. The number of nitrogens with zero attached hydrogens (tertiary/aromatic N) is 2. The molecule has 0 fully saturated rings. The summed E-state index contributed by atoms with van der Waals surface area (Å²) in [7, 11) is 0. The summed E-state index contributed by atoms with van der Waals surface area (Å²) >= 11 is 13.6. The van der Waals surface area contributed by atoms with Crippen molar-refractivity contribution < 1.29 is 14.3 Å². The maximum Gasteiger partial charge on any atom is 0.258 e. The molecule has 0 radical (unpaired) electrons. The third-order valence-corrected chi connectivity index (χ3v) is 6.87. The molecule has 172 valence electrons. The lowest BCUT2D eigenvalue weighted by Crippen LogP contribution is -2.13. The van der Waals surface area contributed by atoms with E-state index >= 15 is 0 Å². The minimum atomic E-state index is -0.284. The Morgan fingerprint density at radius 1 is 0.914 bits per heavy atom. The molecular weight excluding hydrogens is 505 g/mol. The van der Waals surface area contributed by atoms with Gasteiger partial charge in [0.15, 0.2) is 16.6 Å². The minimum Gasteiger partial charge on any atom is -0.454 e. The molecule has 35 heavy (non-hydrogen) atoms. The molecule has 6 nitrogen and oxygen atoms in total. The fourth-order valence-corrected chi connectivity index (χ4v) is 5.09. The average Bonchev–Trinajstić information content (AvgIpc) is 3.52. The van der Waals surface area contributed by atoms with Gasteiger partial charge in [-0.05, 0) is 48.5 Å². The van der Waals surface area contributed by atoms with Gasteiger partial charge < -0.3 is 9.47 Å². The number of benzene rings is 3. The largest absolute Gasteiger partial charge is 0.454 e. The number of amides is 1. The molecule has 5 aromatic rings. The first-order chi connectivity index (χ1) is 17.0. The van der Waals surface area contributed by atoms with Gasteiger partial charge in [0, 0.05) is 26.9 Å². The summed E-state index contributed by atoms with van der Waals surface area (Å²) in [6.45, 7) is 0.189. The van der Waals surface area contributed by atoms with Crippen molar-refractivity contribution in [3.63, 3.8) is 0 Å². The smallest absolute Gasteiger partial charge is 0.258 e. The second-order valence-corrected chi connectivity index (χ2v) is 9.46. The molecule has 1 aliphatic rings. The summed E-state index contributed by atoms with van der Waals surface area (Å²) in [6.07, 6.45) is 0. The van der Waals surface area contributed by atoms with Crippen molar-refractivity contribution in [3.05, 3.63) is 87.7 Å². The Labute approximate surface area is 214 Å². The molecular formula is C26H15Cl2N3O3S. The fraction of sp³-hybridized carbons (Fsp3) is 0.0385. The highest BCUT2D eigenvalue weighted by Gasteiger charge is 2.19. The van der Waals surface area contributed by atoms with Gasteiger partial charge in [-0.25, -0.2) is 9.97 Å². The lowest BCUT2D eigenvalue weighted by atomic mass is 10.0. The first-order valence-corrected chi connectivity index (χ1v) is 12.2. The zero-order valence-electron chi connectivity index (χ0n) is 17.9. The van der Waals surface area contributed by atoms with Crippen LogP contribution in [0.15, 0.2) is 72.1 Å². The van der Waals surface area contributed by atoms with Crippen LogP contribution < -0.4 is 14.8 Å². The van der Waals surface area contributed by atoms with Gasteiger partial charge in [-0.3, -0.25) is 10.1 Å². The molecule has 3 heterocycles. The van der Waals surface area contributed by atoms with Crippen molar-refractivity contribution in [1.29, 1.82) is 0 Å². The Hall–Kier alpha value is -3.65. The van der Waals surface area contributed by atoms with Gasteiger partial charge >= 0.3 is 0 Å². The molecule has 2 aromatic heterocycles. The number of hydrogen-bond acceptors (Lipinski definition) is 6. The van der Waals surface area contributed by atoms with Crippen LogP contribution in [0.5, 0.6) is 11.5 Å². The number of nitrogens with one attached hydrogen (secondary N) is 1. The standard InChI is InChI=1S/C26H15Cl2N3O3S/c27-15-6-7-17(19(28)10-15)22-12-35-26(30-22)31-25(32)18-11-21(29-20-4-2-1-3-16(18)20)14-5-8-23-24(9-14)34-13-33-23/h1-12H,13H2,(H,30,31,32). The number of carbonyl (C=O) groups is 1. The molecule has 9 heteroatoms. The van der Waals surface area contributed by atoms with Crippen molar-refractivity contribution in [2.24, 2.45) is 0 Å². The van der Waals surface area contributed by atoms with Gasteiger partial charge in [-0.2, -0.15) is 0 Å². The number of carbonyl (C=O) groups excluding carboxylic acids is 1. The van der Waals surface area contributed by atoms with E-state index in [9.17, 15) is 4.79 Å². The highest BCUT2D eigenvalue weighted by Crippen LogP contribution is 2.37. The lowest BCUT2D eigenvalue weighted by Gasteiger charge is -2.10. The van der Waals surface area contributed by atoms with Crippen LogP contribution in [0.1, 0.15) is 10.4 Å². The summed E-state index contributed by atoms with van der Waals surface area (Å²) in [5.41, 5.74) is 4.08. The number of para-hydroxylation sites is 1. The van der Waals surface area contributed by atoms with Crippen LogP contribution in [0.25, 0.3) is 33.4 Å². The van der Waals surface area contributed by atoms with E-state index in [2.05, 4.69) is 10.3 Å². The third kappa shape index (κ3) is 4.18. The molecule has 1 aliphatic heterocycles. The second-order valence-electron chi connectivity index (χ2n) is 7.76. The summed E-state index contributed by atoms with van der Waals surface area (Å²) in [5, 5.41) is 7.00. The summed E-state index contributed by atoms with van der Waals surface area (Å²) < 4.78 is 10.9. The number of fused-ring (bicyclic) bond motifs is 2. The molecule has 3 aromatic carbocycles. The number of rotatable bonds is 4. The average molecular weight is 520 g/mol. The van der Waals surface area contributed by atoms with Crippen LogP contribution in [0.3, 0.4) is 0 Å². The van der Waals surface area contributed by atoms with Gasteiger partial charge in [0.25, 0.3) is 5.91 Å². The first-order valence-electron chi connectivity index (χ1n) is 10.6.